The van der Waals surface area contributed by atoms with Crippen LogP contribution < -0.4 is 0 Å². The molecule has 4 rings (SSSR count). The number of rotatable bonds is 2. The molecule has 1 N–H and O–H groups in total. The molecule has 0 saturated heterocycles. The van der Waals surface area contributed by atoms with Crippen molar-refractivity contribution in [2.45, 2.75) is 44.0 Å². The van der Waals surface area contributed by atoms with E-state index in [1.807, 2.05) is 11.8 Å². The fraction of sp³-hybridized carbons (Fsp3) is 0.588. The van der Waals surface area contributed by atoms with Crippen LogP contribution in [0.3, 0.4) is 0 Å². The van der Waals surface area contributed by atoms with E-state index in [2.05, 4.69) is 50.0 Å². The molecule has 1 aromatic heterocycles. The summed E-state index contributed by atoms with van der Waals surface area (Å²) in [5.74, 6) is 2.72. The monoisotopic (exact) mass is 286 g/mol. The van der Waals surface area contributed by atoms with Crippen molar-refractivity contribution in [3.05, 3.63) is 24.3 Å². The van der Waals surface area contributed by atoms with E-state index >= 15 is 0 Å². The zero-order chi connectivity index (χ0) is 13.9. The Kier molecular flexibility index (Phi) is 2.72. The Morgan fingerprint density at radius 1 is 1.20 bits per heavy atom. The smallest absolute Gasteiger partial charge is 0.166 e. The van der Waals surface area contributed by atoms with Gasteiger partial charge in [-0.15, -0.1) is 0 Å². The van der Waals surface area contributed by atoms with E-state index < -0.39 is 0 Å². The van der Waals surface area contributed by atoms with Crippen molar-refractivity contribution in [2.75, 3.05) is 0 Å². The van der Waals surface area contributed by atoms with Crippen molar-refractivity contribution in [1.82, 2.24) is 9.97 Å². The number of aromatic amines is 1. The Morgan fingerprint density at radius 2 is 1.95 bits per heavy atom. The summed E-state index contributed by atoms with van der Waals surface area (Å²) < 4.78 is 0. The number of nitrogens with zero attached hydrogens (tertiary/aromatic N) is 1. The van der Waals surface area contributed by atoms with E-state index in [-0.39, 0.29) is 0 Å². The third-order valence-corrected chi connectivity index (χ3v) is 7.04. The van der Waals surface area contributed by atoms with E-state index in [9.17, 15) is 0 Å². The maximum atomic E-state index is 4.72. The van der Waals surface area contributed by atoms with Gasteiger partial charge in [0.2, 0.25) is 0 Å². The van der Waals surface area contributed by atoms with Gasteiger partial charge in [0.1, 0.15) is 0 Å². The Labute approximate surface area is 124 Å². The first-order chi connectivity index (χ1) is 9.55. The second-order valence-corrected chi connectivity index (χ2v) is 8.43. The molecule has 2 fully saturated rings. The number of hydrogen-bond donors (Lipinski definition) is 1. The van der Waals surface area contributed by atoms with Gasteiger partial charge in [0.15, 0.2) is 5.16 Å². The van der Waals surface area contributed by atoms with Crippen molar-refractivity contribution in [3.63, 3.8) is 0 Å². The highest BCUT2D eigenvalue weighted by atomic mass is 32.2. The summed E-state index contributed by atoms with van der Waals surface area (Å²) in [6.07, 6.45) is 2.76. The van der Waals surface area contributed by atoms with E-state index in [1.54, 1.807) is 0 Å². The summed E-state index contributed by atoms with van der Waals surface area (Å²) in [6.45, 7) is 7.32. The molecule has 0 bridgehead atoms. The maximum Gasteiger partial charge on any atom is 0.166 e. The number of imidazole rings is 1. The third kappa shape index (κ3) is 1.90. The van der Waals surface area contributed by atoms with Crippen LogP contribution >= 0.6 is 11.8 Å². The van der Waals surface area contributed by atoms with Crippen LogP contribution in [0.15, 0.2) is 29.4 Å². The summed E-state index contributed by atoms with van der Waals surface area (Å²) in [5, 5.41) is 1.82. The maximum absolute atomic E-state index is 4.72. The molecule has 2 aliphatic carbocycles. The van der Waals surface area contributed by atoms with E-state index in [0.29, 0.717) is 5.41 Å². The number of fused-ring (bicyclic) bond motifs is 2. The van der Waals surface area contributed by atoms with Crippen LogP contribution in [0.2, 0.25) is 0 Å². The minimum Gasteiger partial charge on any atom is -0.333 e. The first-order valence-corrected chi connectivity index (χ1v) is 8.55. The average molecular weight is 286 g/mol. The van der Waals surface area contributed by atoms with Crippen LogP contribution in [0.5, 0.6) is 0 Å². The number of benzene rings is 1. The third-order valence-electron chi connectivity index (χ3n) is 5.67. The van der Waals surface area contributed by atoms with Crippen molar-refractivity contribution in [2.24, 2.45) is 23.2 Å². The van der Waals surface area contributed by atoms with Crippen LogP contribution in [0.25, 0.3) is 11.0 Å². The first kappa shape index (κ1) is 12.8. The Balaban J connectivity index is 1.53. The zero-order valence-corrected chi connectivity index (χ0v) is 13.2. The fourth-order valence-corrected chi connectivity index (χ4v) is 5.37. The fourth-order valence-electron chi connectivity index (χ4n) is 4.12. The molecule has 20 heavy (non-hydrogen) atoms. The normalized spacial score (nSPS) is 35.0. The quantitative estimate of drug-likeness (QED) is 0.865. The van der Waals surface area contributed by atoms with Gasteiger partial charge < -0.3 is 4.98 Å². The number of nitrogens with one attached hydrogen (secondary N) is 1. The number of thioether (sulfide) groups is 1. The van der Waals surface area contributed by atoms with Crippen molar-refractivity contribution in [1.29, 1.82) is 0 Å². The van der Waals surface area contributed by atoms with Crippen molar-refractivity contribution in [3.8, 4) is 0 Å². The summed E-state index contributed by atoms with van der Waals surface area (Å²) in [6, 6.07) is 8.31. The molecule has 2 nitrogen and oxygen atoms in total. The largest absolute Gasteiger partial charge is 0.333 e. The van der Waals surface area contributed by atoms with Crippen LogP contribution in [0, 0.1) is 23.2 Å². The molecule has 2 aromatic rings. The number of para-hydroxylation sites is 2. The molecule has 0 spiro atoms. The lowest BCUT2D eigenvalue weighted by Crippen LogP contribution is -2.20. The molecular formula is C17H22N2S. The van der Waals surface area contributed by atoms with Crippen molar-refractivity contribution < 1.29 is 0 Å². The highest BCUT2D eigenvalue weighted by Crippen LogP contribution is 2.67. The minimum absolute atomic E-state index is 0.595. The van der Waals surface area contributed by atoms with E-state index in [1.165, 1.54) is 12.8 Å². The molecule has 4 atom stereocenters. The minimum atomic E-state index is 0.595. The molecule has 1 aromatic carbocycles. The lowest BCUT2D eigenvalue weighted by molar-refractivity contribution is 0.379. The highest BCUT2D eigenvalue weighted by molar-refractivity contribution is 7.99. The highest BCUT2D eigenvalue weighted by Gasteiger charge is 2.60. The number of hydrogen-bond acceptors (Lipinski definition) is 2. The molecule has 2 aliphatic rings. The van der Waals surface area contributed by atoms with Gasteiger partial charge in [-0.05, 0) is 48.1 Å². The SMILES string of the molecule is C[C@@H]1C[C@H]2[C@@H](C[C@@H]1Sc1nc3ccccc3[nH]1)C2(C)C. The average Bonchev–Trinajstić information content (AvgIpc) is 2.79. The standard InChI is InChI=1S/C17H22N2S/c1-10-8-11-12(17(11,2)3)9-15(10)20-16-18-13-6-4-5-7-14(13)19-16/h4-7,10-12,15H,8-9H2,1-3H3,(H,18,19)/t10-,11+,12-,15+/m1/s1. The molecule has 0 amide bonds. The second kappa shape index (κ2) is 4.27. The molecule has 106 valence electrons. The predicted octanol–water partition coefficient (Wildman–Crippen LogP) is 4.73. The van der Waals surface area contributed by atoms with Gasteiger partial charge in [-0.3, -0.25) is 0 Å². The van der Waals surface area contributed by atoms with Gasteiger partial charge in [-0.25, -0.2) is 4.98 Å². The molecule has 1 heterocycles. The Morgan fingerprint density at radius 3 is 2.75 bits per heavy atom. The molecule has 0 unspecified atom stereocenters. The molecule has 2 saturated carbocycles. The predicted molar refractivity (Wildman–Crippen MR) is 84.9 cm³/mol. The Hall–Kier alpha value is -0.960. The molecule has 0 aliphatic heterocycles. The Bertz CT molecular complexity index is 612. The van der Waals surface area contributed by atoms with Crippen LogP contribution in [-0.4, -0.2) is 15.2 Å². The lowest BCUT2D eigenvalue weighted by atomic mass is 9.90. The lowest BCUT2D eigenvalue weighted by Gasteiger charge is -2.26. The summed E-state index contributed by atoms with van der Waals surface area (Å²) in [4.78, 5) is 8.19. The molecule has 3 heteroatoms. The number of H-pyrrole nitrogens is 1. The summed E-state index contributed by atoms with van der Waals surface area (Å²) in [5.41, 5.74) is 2.84. The van der Waals surface area contributed by atoms with Gasteiger partial charge in [0.25, 0.3) is 0 Å². The van der Waals surface area contributed by atoms with Gasteiger partial charge in [0.05, 0.1) is 11.0 Å². The molecule has 0 radical (unpaired) electrons. The number of aromatic nitrogens is 2. The van der Waals surface area contributed by atoms with Gasteiger partial charge in [-0.1, -0.05) is 44.7 Å². The van der Waals surface area contributed by atoms with E-state index in [0.717, 1.165) is 39.2 Å². The van der Waals surface area contributed by atoms with Gasteiger partial charge >= 0.3 is 0 Å². The summed E-state index contributed by atoms with van der Waals surface area (Å²) >= 11 is 1.96. The van der Waals surface area contributed by atoms with Gasteiger partial charge in [0, 0.05) is 5.25 Å². The molecular weight excluding hydrogens is 264 g/mol. The second-order valence-electron chi connectivity index (χ2n) is 7.20. The first-order valence-electron chi connectivity index (χ1n) is 7.67. The van der Waals surface area contributed by atoms with Crippen LogP contribution in [0.1, 0.15) is 33.6 Å². The summed E-state index contributed by atoms with van der Waals surface area (Å²) in [7, 11) is 0. The van der Waals surface area contributed by atoms with Crippen LogP contribution in [0.4, 0.5) is 0 Å². The van der Waals surface area contributed by atoms with E-state index in [4.69, 9.17) is 4.98 Å². The van der Waals surface area contributed by atoms with Crippen LogP contribution in [-0.2, 0) is 0 Å². The zero-order valence-electron chi connectivity index (χ0n) is 12.4. The topological polar surface area (TPSA) is 28.7 Å². The van der Waals surface area contributed by atoms with Crippen molar-refractivity contribution >= 4 is 22.8 Å². The van der Waals surface area contributed by atoms with Gasteiger partial charge in [-0.2, -0.15) is 0 Å².